The molecular weight excluding hydrogens is 354 g/mol. The van der Waals surface area contributed by atoms with Crippen LogP contribution in [0.3, 0.4) is 0 Å². The summed E-state index contributed by atoms with van der Waals surface area (Å²) in [5, 5.41) is 14.6. The second kappa shape index (κ2) is 5.67. The number of aromatic nitrogens is 3. The number of nitriles is 1. The molecule has 0 N–H and O–H groups in total. The molecule has 0 saturated carbocycles. The molecule has 1 aromatic carbocycles. The molecule has 0 atom stereocenters. The monoisotopic (exact) mass is 367 g/mol. The number of anilines is 1. The minimum absolute atomic E-state index is 0.556. The lowest BCUT2D eigenvalue weighted by atomic mass is 9.99. The summed E-state index contributed by atoms with van der Waals surface area (Å²) in [4.78, 5) is 6.92. The lowest BCUT2D eigenvalue weighted by molar-refractivity contribution is 0.340. The number of para-hydroxylation sites is 1. The molecule has 1 aliphatic rings. The molecule has 6 heteroatoms. The minimum Gasteiger partial charge on any atom is -0.356 e. The van der Waals surface area contributed by atoms with Gasteiger partial charge >= 0.3 is 0 Å². The average Bonchev–Trinajstić information content (AvgIpc) is 2.94. The van der Waals surface area contributed by atoms with Crippen molar-refractivity contribution in [1.29, 1.82) is 5.26 Å². The zero-order chi connectivity index (χ0) is 15.8. The highest BCUT2D eigenvalue weighted by molar-refractivity contribution is 9.10. The van der Waals surface area contributed by atoms with Gasteiger partial charge in [-0.05, 0) is 28.1 Å². The van der Waals surface area contributed by atoms with E-state index in [4.69, 9.17) is 4.98 Å². The van der Waals surface area contributed by atoms with Crippen LogP contribution in [-0.2, 0) is 6.54 Å². The first kappa shape index (κ1) is 14.2. The fraction of sp³-hybridized carbons (Fsp3) is 0.235. The van der Waals surface area contributed by atoms with Crippen molar-refractivity contribution in [2.75, 3.05) is 18.0 Å². The minimum atomic E-state index is 0.556. The molecule has 0 spiro atoms. The highest BCUT2D eigenvalue weighted by Crippen LogP contribution is 2.28. The zero-order valence-corrected chi connectivity index (χ0v) is 13.9. The van der Waals surface area contributed by atoms with Crippen LogP contribution in [-0.4, -0.2) is 27.9 Å². The Morgan fingerprint density at radius 3 is 2.87 bits per heavy atom. The van der Waals surface area contributed by atoms with E-state index in [-0.39, 0.29) is 0 Å². The van der Waals surface area contributed by atoms with Gasteiger partial charge < -0.3 is 4.90 Å². The zero-order valence-electron chi connectivity index (χ0n) is 12.4. The summed E-state index contributed by atoms with van der Waals surface area (Å²) < 4.78 is 2.96. The summed E-state index contributed by atoms with van der Waals surface area (Å²) in [6.45, 7) is 2.78. The van der Waals surface area contributed by atoms with Crippen LogP contribution < -0.4 is 4.90 Å². The molecule has 0 unspecified atom stereocenters. The molecule has 0 radical (unpaired) electrons. The van der Waals surface area contributed by atoms with Gasteiger partial charge in [0, 0.05) is 37.1 Å². The van der Waals surface area contributed by atoms with E-state index in [9.17, 15) is 5.26 Å². The SMILES string of the molecule is N#Cc1cc(N2CC(Cn3cc(Br)cn3)C2)nc2ccccc12. The van der Waals surface area contributed by atoms with Gasteiger partial charge in [0.1, 0.15) is 5.82 Å². The van der Waals surface area contributed by atoms with Crippen LogP contribution in [0.25, 0.3) is 10.9 Å². The van der Waals surface area contributed by atoms with Gasteiger partial charge in [0.25, 0.3) is 0 Å². The van der Waals surface area contributed by atoms with E-state index in [1.165, 1.54) is 0 Å². The van der Waals surface area contributed by atoms with Crippen LogP contribution in [0.4, 0.5) is 5.82 Å². The third kappa shape index (κ3) is 2.68. The largest absolute Gasteiger partial charge is 0.356 e. The molecular formula is C17H14BrN5. The molecule has 2 aromatic heterocycles. The molecule has 0 bridgehead atoms. The predicted octanol–water partition coefficient (Wildman–Crippen LogP) is 3.20. The third-order valence-electron chi connectivity index (χ3n) is 4.15. The molecule has 0 aliphatic carbocycles. The van der Waals surface area contributed by atoms with Gasteiger partial charge in [-0.3, -0.25) is 4.68 Å². The number of hydrogen-bond donors (Lipinski definition) is 0. The van der Waals surface area contributed by atoms with Gasteiger partial charge in [-0.15, -0.1) is 0 Å². The molecule has 4 rings (SSSR count). The first-order valence-electron chi connectivity index (χ1n) is 7.46. The molecule has 1 fully saturated rings. The maximum atomic E-state index is 9.37. The van der Waals surface area contributed by atoms with Crippen molar-refractivity contribution in [2.45, 2.75) is 6.54 Å². The molecule has 5 nitrogen and oxygen atoms in total. The van der Waals surface area contributed by atoms with Crippen LogP contribution >= 0.6 is 15.9 Å². The Morgan fingerprint density at radius 2 is 2.13 bits per heavy atom. The number of nitrogens with zero attached hydrogens (tertiary/aromatic N) is 5. The van der Waals surface area contributed by atoms with E-state index in [2.05, 4.69) is 32.0 Å². The number of benzene rings is 1. The fourth-order valence-corrected chi connectivity index (χ4v) is 3.32. The first-order valence-corrected chi connectivity index (χ1v) is 8.25. The molecule has 114 valence electrons. The lowest BCUT2D eigenvalue weighted by Crippen LogP contribution is -2.49. The Bertz CT molecular complexity index is 905. The van der Waals surface area contributed by atoms with Crippen LogP contribution in [0.2, 0.25) is 0 Å². The fourth-order valence-electron chi connectivity index (χ4n) is 2.99. The molecule has 3 aromatic rings. The van der Waals surface area contributed by atoms with Crippen molar-refractivity contribution >= 4 is 32.7 Å². The van der Waals surface area contributed by atoms with E-state index >= 15 is 0 Å². The standard InChI is InChI=1S/C17H14BrN5/c18-14-7-20-23(11-14)10-12-8-22(9-12)17-5-13(6-19)15-3-1-2-4-16(15)21-17/h1-5,7,11-12H,8-10H2. The quantitative estimate of drug-likeness (QED) is 0.713. The summed E-state index contributed by atoms with van der Waals surface area (Å²) >= 11 is 3.42. The number of fused-ring (bicyclic) bond motifs is 1. The second-order valence-electron chi connectivity index (χ2n) is 5.81. The van der Waals surface area contributed by atoms with Crippen molar-refractivity contribution in [3.8, 4) is 6.07 Å². The van der Waals surface area contributed by atoms with Crippen molar-refractivity contribution < 1.29 is 0 Å². The van der Waals surface area contributed by atoms with Gasteiger partial charge in [0.15, 0.2) is 0 Å². The summed E-state index contributed by atoms with van der Waals surface area (Å²) in [5.41, 5.74) is 1.56. The van der Waals surface area contributed by atoms with Crippen LogP contribution in [0.15, 0.2) is 47.2 Å². The van der Waals surface area contributed by atoms with Gasteiger partial charge in [-0.1, -0.05) is 18.2 Å². The smallest absolute Gasteiger partial charge is 0.130 e. The average molecular weight is 368 g/mol. The third-order valence-corrected chi connectivity index (χ3v) is 4.56. The summed E-state index contributed by atoms with van der Waals surface area (Å²) in [5.74, 6) is 1.44. The molecule has 1 saturated heterocycles. The highest BCUT2D eigenvalue weighted by atomic mass is 79.9. The van der Waals surface area contributed by atoms with Crippen molar-refractivity contribution in [2.24, 2.45) is 5.92 Å². The highest BCUT2D eigenvalue weighted by Gasteiger charge is 2.28. The normalized spacial score (nSPS) is 14.7. The van der Waals surface area contributed by atoms with Crippen molar-refractivity contribution in [3.05, 3.63) is 52.8 Å². The molecule has 0 amide bonds. The van der Waals surface area contributed by atoms with Gasteiger partial charge in [0.2, 0.25) is 0 Å². The Hall–Kier alpha value is -2.39. The molecule has 3 heterocycles. The molecule has 23 heavy (non-hydrogen) atoms. The Balaban J connectivity index is 1.52. The Morgan fingerprint density at radius 1 is 1.30 bits per heavy atom. The van der Waals surface area contributed by atoms with Crippen molar-refractivity contribution in [3.63, 3.8) is 0 Å². The Labute approximate surface area is 142 Å². The number of pyridine rings is 1. The van der Waals surface area contributed by atoms with E-state index in [1.54, 1.807) is 6.20 Å². The molecule has 1 aliphatic heterocycles. The van der Waals surface area contributed by atoms with Crippen molar-refractivity contribution in [1.82, 2.24) is 14.8 Å². The second-order valence-corrected chi connectivity index (χ2v) is 6.72. The van der Waals surface area contributed by atoms with E-state index in [0.717, 1.165) is 40.8 Å². The maximum absolute atomic E-state index is 9.37. The van der Waals surface area contributed by atoms with Gasteiger partial charge in [-0.2, -0.15) is 10.4 Å². The van der Waals surface area contributed by atoms with E-state index in [1.807, 2.05) is 41.2 Å². The topological polar surface area (TPSA) is 57.7 Å². The van der Waals surface area contributed by atoms with Crippen LogP contribution in [0.5, 0.6) is 0 Å². The predicted molar refractivity (Wildman–Crippen MR) is 92.1 cm³/mol. The Kier molecular flexibility index (Phi) is 3.50. The number of rotatable bonds is 3. The van der Waals surface area contributed by atoms with E-state index < -0.39 is 0 Å². The summed E-state index contributed by atoms with van der Waals surface area (Å²) in [6.07, 6.45) is 3.80. The lowest BCUT2D eigenvalue weighted by Gasteiger charge is -2.40. The number of hydrogen-bond acceptors (Lipinski definition) is 4. The summed E-state index contributed by atoms with van der Waals surface area (Å²) in [7, 11) is 0. The van der Waals surface area contributed by atoms with E-state index in [0.29, 0.717) is 11.5 Å². The van der Waals surface area contributed by atoms with Crippen LogP contribution in [0, 0.1) is 17.2 Å². The maximum Gasteiger partial charge on any atom is 0.130 e. The van der Waals surface area contributed by atoms with Gasteiger partial charge in [-0.25, -0.2) is 4.98 Å². The van der Waals surface area contributed by atoms with Gasteiger partial charge in [0.05, 0.1) is 27.8 Å². The van der Waals surface area contributed by atoms with Crippen LogP contribution in [0.1, 0.15) is 5.56 Å². The summed E-state index contributed by atoms with van der Waals surface area (Å²) in [6, 6.07) is 12.0. The number of halogens is 1. The first-order chi connectivity index (χ1) is 11.2.